The second-order valence-corrected chi connectivity index (χ2v) is 12.6. The number of ether oxygens (including phenoxy) is 2. The molecule has 0 radical (unpaired) electrons. The number of nitrogens with two attached hydrogens (primary N) is 1. The second kappa shape index (κ2) is 10.2. The number of benzene rings is 1. The van der Waals surface area contributed by atoms with Crippen LogP contribution in [0.1, 0.15) is 37.7 Å². The van der Waals surface area contributed by atoms with Crippen molar-refractivity contribution in [2.75, 3.05) is 57.1 Å². The van der Waals surface area contributed by atoms with Crippen molar-refractivity contribution in [2.45, 2.75) is 48.7 Å². The fraction of sp³-hybridized carbons (Fsp3) is 0.577. The molecule has 1 aromatic carbocycles. The molecule has 1 unspecified atom stereocenters. The van der Waals surface area contributed by atoms with E-state index in [1.54, 1.807) is 22.5 Å². The van der Waals surface area contributed by atoms with Crippen LogP contribution in [0.2, 0.25) is 0 Å². The van der Waals surface area contributed by atoms with Crippen LogP contribution in [0, 0.1) is 5.92 Å². The molecule has 2 aromatic rings. The molecule has 6 rings (SSSR count). The molecule has 0 bridgehead atoms. The highest BCUT2D eigenvalue weighted by molar-refractivity contribution is 7.89. The van der Waals surface area contributed by atoms with Crippen LogP contribution in [0.25, 0.3) is 0 Å². The predicted octanol–water partition coefficient (Wildman–Crippen LogP) is 2.31. The fourth-order valence-electron chi connectivity index (χ4n) is 5.82. The number of aromatic amines is 1. The van der Waals surface area contributed by atoms with Gasteiger partial charge in [0.2, 0.25) is 16.0 Å². The average molecular weight is 544 g/mol. The van der Waals surface area contributed by atoms with E-state index in [1.165, 1.54) is 20.0 Å². The molecule has 5 N–H and O–H groups in total. The van der Waals surface area contributed by atoms with Gasteiger partial charge in [0, 0.05) is 50.0 Å². The van der Waals surface area contributed by atoms with Crippen LogP contribution in [-0.4, -0.2) is 81.1 Å². The van der Waals surface area contributed by atoms with Crippen LogP contribution < -0.4 is 21.1 Å². The average Bonchev–Trinajstić information content (AvgIpc) is 3.60. The van der Waals surface area contributed by atoms with Crippen LogP contribution in [0.4, 0.5) is 11.5 Å². The lowest BCUT2D eigenvalue weighted by Gasteiger charge is -2.39. The number of guanidine groups is 1. The Morgan fingerprint density at radius 1 is 1.16 bits per heavy atom. The van der Waals surface area contributed by atoms with Crippen molar-refractivity contribution < 1.29 is 17.9 Å². The van der Waals surface area contributed by atoms with E-state index in [4.69, 9.17) is 20.2 Å². The molecule has 11 nitrogen and oxygen atoms in total. The van der Waals surface area contributed by atoms with Gasteiger partial charge in [-0.3, -0.25) is 4.90 Å². The number of H-pyrrole nitrogens is 1. The third-order valence-electron chi connectivity index (χ3n) is 8.11. The standard InChI is InChI=1S/C26H37N7O4S/c1-36-23-16-20(38(34,35)33-10-7-19(8-11-33)32-12-14-37-15-13-32)4-5-22(23)29-25-30-24-21(6-9-28-24)26(27,31-25)17-18-2-3-18/h4-6,9,16,18-19,28H,2-3,7-8,10-15,17,27H2,1H3,(H2,29,30,31). The number of morpholine rings is 1. The monoisotopic (exact) mass is 543 g/mol. The van der Waals surface area contributed by atoms with Gasteiger partial charge in [-0.15, -0.1) is 0 Å². The Bertz CT molecular complexity index is 1290. The van der Waals surface area contributed by atoms with Crippen LogP contribution in [0.15, 0.2) is 40.4 Å². The summed E-state index contributed by atoms with van der Waals surface area (Å²) < 4.78 is 39.7. The van der Waals surface area contributed by atoms with Crippen LogP contribution in [-0.2, 0) is 20.4 Å². The van der Waals surface area contributed by atoms with E-state index in [-0.39, 0.29) is 4.90 Å². The first-order chi connectivity index (χ1) is 18.4. The topological polar surface area (TPSA) is 137 Å². The number of rotatable bonds is 7. The number of nitrogens with one attached hydrogen (secondary N) is 3. The zero-order chi connectivity index (χ0) is 26.3. The molecule has 4 aliphatic rings. The smallest absolute Gasteiger partial charge is 0.243 e. The summed E-state index contributed by atoms with van der Waals surface area (Å²) in [5.74, 6) is 2.30. The highest BCUT2D eigenvalue weighted by atomic mass is 32.2. The highest BCUT2D eigenvalue weighted by Crippen LogP contribution is 2.43. The van der Waals surface area contributed by atoms with Gasteiger partial charge in [0.15, 0.2) is 0 Å². The highest BCUT2D eigenvalue weighted by Gasteiger charge is 2.40. The number of aliphatic imine (C=N–C) groups is 1. The summed E-state index contributed by atoms with van der Waals surface area (Å²) in [4.78, 5) is 10.7. The minimum absolute atomic E-state index is 0.219. The quantitative estimate of drug-likeness (QED) is 0.418. The van der Waals surface area contributed by atoms with E-state index >= 15 is 0 Å². The van der Waals surface area contributed by atoms with E-state index in [0.29, 0.717) is 42.4 Å². The predicted molar refractivity (Wildman–Crippen MR) is 146 cm³/mol. The van der Waals surface area contributed by atoms with Crippen molar-refractivity contribution in [3.05, 3.63) is 36.0 Å². The van der Waals surface area contributed by atoms with Gasteiger partial charge < -0.3 is 30.8 Å². The Hall–Kier alpha value is -2.64. The summed E-state index contributed by atoms with van der Waals surface area (Å²) in [6.07, 6.45) is 6.64. The van der Waals surface area contributed by atoms with Crippen molar-refractivity contribution in [3.8, 4) is 5.75 Å². The summed E-state index contributed by atoms with van der Waals surface area (Å²) >= 11 is 0. The molecule has 1 atom stereocenters. The van der Waals surface area contributed by atoms with E-state index < -0.39 is 15.7 Å². The summed E-state index contributed by atoms with van der Waals surface area (Å²) in [5, 5.41) is 6.53. The number of fused-ring (bicyclic) bond motifs is 1. The third kappa shape index (κ3) is 5.03. The molecule has 1 aromatic heterocycles. The maximum Gasteiger partial charge on any atom is 0.243 e. The fourth-order valence-corrected chi connectivity index (χ4v) is 7.30. The molecular weight excluding hydrogens is 506 g/mol. The second-order valence-electron chi connectivity index (χ2n) is 10.7. The largest absolute Gasteiger partial charge is 0.495 e. The van der Waals surface area contributed by atoms with Crippen molar-refractivity contribution in [3.63, 3.8) is 0 Å². The molecule has 2 saturated heterocycles. The van der Waals surface area contributed by atoms with E-state index in [0.717, 1.165) is 56.9 Å². The van der Waals surface area contributed by atoms with E-state index in [2.05, 4.69) is 20.5 Å². The van der Waals surface area contributed by atoms with Gasteiger partial charge >= 0.3 is 0 Å². The third-order valence-corrected chi connectivity index (χ3v) is 10.0. The van der Waals surface area contributed by atoms with Crippen molar-refractivity contribution in [1.29, 1.82) is 0 Å². The number of methoxy groups -OCH3 is 1. The molecule has 0 amide bonds. The summed E-state index contributed by atoms with van der Waals surface area (Å²) in [6, 6.07) is 7.30. The van der Waals surface area contributed by atoms with Gasteiger partial charge in [-0.05, 0) is 43.4 Å². The molecule has 12 heteroatoms. The minimum atomic E-state index is -3.64. The van der Waals surface area contributed by atoms with Gasteiger partial charge in [-0.2, -0.15) is 4.31 Å². The number of sulfonamides is 1. The first kappa shape index (κ1) is 25.6. The van der Waals surface area contributed by atoms with Crippen LogP contribution in [0.5, 0.6) is 5.75 Å². The SMILES string of the molecule is COc1cc(S(=O)(=O)N2CCC(N3CCOCC3)CC2)ccc1NC1=NC(N)(CC2CC2)c2cc[nH]c2N1. The van der Waals surface area contributed by atoms with E-state index in [9.17, 15) is 8.42 Å². The maximum atomic E-state index is 13.5. The van der Waals surface area contributed by atoms with E-state index in [1.807, 2.05) is 12.3 Å². The zero-order valence-corrected chi connectivity index (χ0v) is 22.6. The number of piperidine rings is 1. The van der Waals surface area contributed by atoms with Crippen LogP contribution in [0.3, 0.4) is 0 Å². The molecule has 206 valence electrons. The Morgan fingerprint density at radius 3 is 2.63 bits per heavy atom. The van der Waals surface area contributed by atoms with Gasteiger partial charge in [0.05, 0.1) is 30.9 Å². The number of hydrogen-bond donors (Lipinski definition) is 4. The Morgan fingerprint density at radius 2 is 1.92 bits per heavy atom. The molecule has 1 saturated carbocycles. The summed E-state index contributed by atoms with van der Waals surface area (Å²) in [6.45, 7) is 4.34. The molecule has 1 aliphatic carbocycles. The molecule has 38 heavy (non-hydrogen) atoms. The van der Waals surface area contributed by atoms with Gasteiger partial charge in [0.25, 0.3) is 0 Å². The lowest BCUT2D eigenvalue weighted by molar-refractivity contribution is 0.00610. The molecule has 0 spiro atoms. The van der Waals surface area contributed by atoms with Crippen molar-refractivity contribution in [1.82, 2.24) is 14.2 Å². The van der Waals surface area contributed by atoms with Crippen LogP contribution >= 0.6 is 0 Å². The number of hydrogen-bond acceptors (Lipinski definition) is 9. The molecule has 3 fully saturated rings. The Balaban J connectivity index is 1.17. The number of aromatic nitrogens is 1. The minimum Gasteiger partial charge on any atom is -0.495 e. The summed E-state index contributed by atoms with van der Waals surface area (Å²) in [5.41, 5.74) is 7.50. The summed E-state index contributed by atoms with van der Waals surface area (Å²) in [7, 11) is -2.11. The van der Waals surface area contributed by atoms with Crippen molar-refractivity contribution >= 4 is 27.5 Å². The number of nitrogens with zero attached hydrogens (tertiary/aromatic N) is 3. The normalized spacial score (nSPS) is 25.4. The Kier molecular flexibility index (Phi) is 6.85. The molecular formula is C26H37N7O4S. The lowest BCUT2D eigenvalue weighted by atomic mass is 9.95. The molecule has 4 heterocycles. The number of anilines is 2. The first-order valence-corrected chi connectivity index (χ1v) is 14.9. The lowest BCUT2D eigenvalue weighted by Crippen LogP contribution is -2.50. The van der Waals surface area contributed by atoms with Gasteiger partial charge in [-0.1, -0.05) is 12.8 Å². The first-order valence-electron chi connectivity index (χ1n) is 13.5. The molecule has 3 aliphatic heterocycles. The maximum absolute atomic E-state index is 13.5. The van der Waals surface area contributed by atoms with Gasteiger partial charge in [-0.25, -0.2) is 13.4 Å². The van der Waals surface area contributed by atoms with Crippen molar-refractivity contribution in [2.24, 2.45) is 16.6 Å². The van der Waals surface area contributed by atoms with Gasteiger partial charge in [0.1, 0.15) is 17.2 Å². The zero-order valence-electron chi connectivity index (χ0n) is 21.8. The Labute approximate surface area is 223 Å².